The molecule has 1 fully saturated rings. The Balaban J connectivity index is 2.08. The first-order valence-electron chi connectivity index (χ1n) is 7.05. The fourth-order valence-corrected chi connectivity index (χ4v) is 3.00. The highest BCUT2D eigenvalue weighted by Crippen LogP contribution is 2.29. The van der Waals surface area contributed by atoms with Crippen LogP contribution < -0.4 is 5.32 Å². The van der Waals surface area contributed by atoms with Crippen LogP contribution in [0.5, 0.6) is 0 Å². The van der Waals surface area contributed by atoms with Crippen LogP contribution in [-0.2, 0) is 9.53 Å². The van der Waals surface area contributed by atoms with Gasteiger partial charge in [-0.25, -0.2) is 0 Å². The first-order valence-corrected chi connectivity index (χ1v) is 7.05. The van der Waals surface area contributed by atoms with Crippen molar-refractivity contribution in [1.29, 1.82) is 0 Å². The number of hydrogen-bond donors (Lipinski definition) is 1. The van der Waals surface area contributed by atoms with Gasteiger partial charge in [-0.1, -0.05) is 33.1 Å². The molecule has 0 saturated heterocycles. The van der Waals surface area contributed by atoms with Crippen molar-refractivity contribution in [1.82, 2.24) is 5.32 Å². The number of methoxy groups -OCH3 is 1. The van der Waals surface area contributed by atoms with Crippen molar-refractivity contribution in [3.63, 3.8) is 0 Å². The molecule has 0 bridgehead atoms. The first-order chi connectivity index (χ1) is 8.63. The Morgan fingerprint density at radius 2 is 1.94 bits per heavy atom. The van der Waals surface area contributed by atoms with Gasteiger partial charge in [0.1, 0.15) is 18.0 Å². The molecular formula is C14H24N2O2. The Morgan fingerprint density at radius 1 is 1.28 bits per heavy atom. The monoisotopic (exact) mass is 252 g/mol. The molecule has 18 heavy (non-hydrogen) atoms. The lowest BCUT2D eigenvalue weighted by molar-refractivity contribution is -0.120. The van der Waals surface area contributed by atoms with E-state index in [1.165, 1.54) is 32.1 Å². The van der Waals surface area contributed by atoms with Gasteiger partial charge in [0.25, 0.3) is 0 Å². The Morgan fingerprint density at radius 3 is 2.44 bits per heavy atom. The quantitative estimate of drug-likeness (QED) is 0.833. The third-order valence-electron chi connectivity index (χ3n) is 4.03. The van der Waals surface area contributed by atoms with E-state index in [2.05, 4.69) is 10.3 Å². The highest BCUT2D eigenvalue weighted by molar-refractivity contribution is 6.07. The molecule has 1 N–H and O–H groups in total. The van der Waals surface area contributed by atoms with E-state index < -0.39 is 0 Å². The summed E-state index contributed by atoms with van der Waals surface area (Å²) < 4.78 is 5.60. The van der Waals surface area contributed by atoms with Gasteiger partial charge in [-0.05, 0) is 24.7 Å². The highest BCUT2D eigenvalue weighted by Gasteiger charge is 2.36. The lowest BCUT2D eigenvalue weighted by atomic mass is 9.84. The van der Waals surface area contributed by atoms with Gasteiger partial charge in [0, 0.05) is 7.11 Å². The fraction of sp³-hybridized carbons (Fsp3) is 0.857. The second-order valence-corrected chi connectivity index (χ2v) is 5.75. The average Bonchev–Trinajstić information content (AvgIpc) is 2.74. The highest BCUT2D eigenvalue weighted by atomic mass is 16.5. The molecule has 1 amide bonds. The number of nitrogens with one attached hydrogen (secondary N) is 1. The van der Waals surface area contributed by atoms with Crippen molar-refractivity contribution in [2.45, 2.75) is 58.1 Å². The topological polar surface area (TPSA) is 50.7 Å². The summed E-state index contributed by atoms with van der Waals surface area (Å²) in [5, 5.41) is 2.92. The van der Waals surface area contributed by atoms with Gasteiger partial charge in [-0.3, -0.25) is 9.79 Å². The molecule has 2 unspecified atom stereocenters. The lowest BCUT2D eigenvalue weighted by Crippen LogP contribution is -2.41. The molecule has 2 rings (SSSR count). The zero-order chi connectivity index (χ0) is 13.1. The number of nitrogens with zero attached hydrogens (tertiary/aromatic N) is 1. The smallest absolute Gasteiger partial charge is 0.250 e. The van der Waals surface area contributed by atoms with Crippen LogP contribution in [0.1, 0.15) is 46.0 Å². The molecule has 0 aromatic heterocycles. The summed E-state index contributed by atoms with van der Waals surface area (Å²) in [7, 11) is 1.72. The molecule has 2 atom stereocenters. The summed E-state index contributed by atoms with van der Waals surface area (Å²) in [5.41, 5.74) is 0. The van der Waals surface area contributed by atoms with Crippen molar-refractivity contribution in [3.8, 4) is 0 Å². The summed E-state index contributed by atoms with van der Waals surface area (Å²) in [5.74, 6) is 1.53. The average molecular weight is 252 g/mol. The molecule has 1 saturated carbocycles. The zero-order valence-corrected chi connectivity index (χ0v) is 11.6. The van der Waals surface area contributed by atoms with Crippen molar-refractivity contribution in [2.75, 3.05) is 7.11 Å². The van der Waals surface area contributed by atoms with Crippen molar-refractivity contribution in [3.05, 3.63) is 0 Å². The van der Waals surface area contributed by atoms with E-state index in [1.807, 2.05) is 13.8 Å². The molecule has 1 aliphatic carbocycles. The maximum Gasteiger partial charge on any atom is 0.250 e. The van der Waals surface area contributed by atoms with Gasteiger partial charge >= 0.3 is 0 Å². The summed E-state index contributed by atoms with van der Waals surface area (Å²) in [6.45, 7) is 4.05. The van der Waals surface area contributed by atoms with Gasteiger partial charge in [-0.2, -0.15) is 0 Å². The standard InChI is InChI=1S/C14H24N2O2/c1-9(2)11-14(17)16-13(15-11)12(18-3)10-7-5-4-6-8-10/h9-12H,4-8H2,1-3H3,(H,15,16,17). The van der Waals surface area contributed by atoms with Crippen LogP contribution in [0, 0.1) is 11.8 Å². The number of ether oxygens (including phenoxy) is 1. The van der Waals surface area contributed by atoms with Crippen LogP contribution in [0.3, 0.4) is 0 Å². The number of carbonyl (C=O) groups is 1. The Labute approximate surface area is 109 Å². The normalized spacial score (nSPS) is 27.2. The Bertz CT molecular complexity index is 333. The maximum absolute atomic E-state index is 11.8. The number of amidine groups is 1. The summed E-state index contributed by atoms with van der Waals surface area (Å²) >= 11 is 0. The Kier molecular flexibility index (Phi) is 4.38. The molecule has 0 radical (unpaired) electrons. The molecule has 4 nitrogen and oxygen atoms in total. The molecule has 1 aliphatic heterocycles. The Hall–Kier alpha value is -0.900. The maximum atomic E-state index is 11.8. The second-order valence-electron chi connectivity index (χ2n) is 5.75. The minimum Gasteiger partial charge on any atom is -0.373 e. The lowest BCUT2D eigenvalue weighted by Gasteiger charge is -2.28. The van der Waals surface area contributed by atoms with Crippen LogP contribution in [0.25, 0.3) is 0 Å². The van der Waals surface area contributed by atoms with Crippen molar-refractivity contribution in [2.24, 2.45) is 16.8 Å². The molecule has 1 heterocycles. The van der Waals surface area contributed by atoms with E-state index in [4.69, 9.17) is 4.74 Å². The number of amides is 1. The van der Waals surface area contributed by atoms with Crippen LogP contribution in [0.15, 0.2) is 4.99 Å². The van der Waals surface area contributed by atoms with Gasteiger partial charge in [-0.15, -0.1) is 0 Å². The SMILES string of the molecule is COC(C1=NC(C(C)C)C(=O)N1)C1CCCCC1. The second kappa shape index (κ2) is 5.83. The molecule has 102 valence electrons. The van der Waals surface area contributed by atoms with E-state index in [9.17, 15) is 4.79 Å². The van der Waals surface area contributed by atoms with Gasteiger partial charge < -0.3 is 10.1 Å². The molecule has 0 aromatic rings. The largest absolute Gasteiger partial charge is 0.373 e. The molecule has 2 aliphatic rings. The van der Waals surface area contributed by atoms with Crippen LogP contribution in [0.4, 0.5) is 0 Å². The summed E-state index contributed by atoms with van der Waals surface area (Å²) in [6.07, 6.45) is 6.18. The first kappa shape index (κ1) is 13.5. The number of carbonyl (C=O) groups excluding carboxylic acids is 1. The van der Waals surface area contributed by atoms with Crippen LogP contribution >= 0.6 is 0 Å². The van der Waals surface area contributed by atoms with Crippen LogP contribution in [-0.4, -0.2) is 31.0 Å². The van der Waals surface area contributed by atoms with E-state index in [0.29, 0.717) is 5.92 Å². The zero-order valence-electron chi connectivity index (χ0n) is 11.6. The van der Waals surface area contributed by atoms with Gasteiger partial charge in [0.05, 0.1) is 0 Å². The number of rotatable bonds is 4. The fourth-order valence-electron chi connectivity index (χ4n) is 3.00. The predicted molar refractivity (Wildman–Crippen MR) is 71.6 cm³/mol. The molecule has 0 aromatic carbocycles. The summed E-state index contributed by atoms with van der Waals surface area (Å²) in [6, 6.07) is -0.235. The van der Waals surface area contributed by atoms with Gasteiger partial charge in [0.15, 0.2) is 0 Å². The minimum atomic E-state index is -0.235. The van der Waals surface area contributed by atoms with Crippen molar-refractivity contribution >= 4 is 11.7 Å². The minimum absolute atomic E-state index is 0.0258. The molecule has 4 heteroatoms. The van der Waals surface area contributed by atoms with E-state index in [0.717, 1.165) is 5.84 Å². The van der Waals surface area contributed by atoms with Gasteiger partial charge in [0.2, 0.25) is 5.91 Å². The van der Waals surface area contributed by atoms with E-state index in [-0.39, 0.29) is 24.0 Å². The predicted octanol–water partition coefficient (Wildman–Crippen LogP) is 2.13. The summed E-state index contributed by atoms with van der Waals surface area (Å²) in [4.78, 5) is 16.4. The van der Waals surface area contributed by atoms with Crippen LogP contribution in [0.2, 0.25) is 0 Å². The molecular weight excluding hydrogens is 228 g/mol. The molecule has 0 spiro atoms. The van der Waals surface area contributed by atoms with E-state index >= 15 is 0 Å². The third-order valence-corrected chi connectivity index (χ3v) is 4.03. The number of hydrogen-bond acceptors (Lipinski definition) is 3. The third kappa shape index (κ3) is 2.74. The number of aliphatic imine (C=N–C) groups is 1. The van der Waals surface area contributed by atoms with Crippen molar-refractivity contribution < 1.29 is 9.53 Å². The van der Waals surface area contributed by atoms with E-state index in [1.54, 1.807) is 7.11 Å².